The Morgan fingerprint density at radius 2 is 1.76 bits per heavy atom. The second-order valence-corrected chi connectivity index (χ2v) is 6.97. The molecule has 2 N–H and O–H groups in total. The van der Waals surface area contributed by atoms with Crippen LogP contribution in [-0.4, -0.2) is 15.0 Å². The molecular weight excluding hydrogens is 260 g/mol. The Morgan fingerprint density at radius 3 is 2.19 bits per heavy atom. The molecular formula is C17H26N4. The fraction of sp³-hybridized carbons (Fsp3) is 0.529. The number of hydrogen-bond donors (Lipinski definition) is 1. The second-order valence-electron chi connectivity index (χ2n) is 6.97. The zero-order valence-electron chi connectivity index (χ0n) is 13.9. The summed E-state index contributed by atoms with van der Waals surface area (Å²) in [5, 5.41) is 8.29. The molecule has 4 heteroatoms. The van der Waals surface area contributed by atoms with Gasteiger partial charge in [-0.25, -0.2) is 4.68 Å². The lowest BCUT2D eigenvalue weighted by atomic mass is 9.84. The molecule has 114 valence electrons. The van der Waals surface area contributed by atoms with Gasteiger partial charge in [-0.1, -0.05) is 38.1 Å². The summed E-state index contributed by atoms with van der Waals surface area (Å²) in [5.74, 6) is 0. The van der Waals surface area contributed by atoms with Crippen LogP contribution in [0.5, 0.6) is 0 Å². The molecule has 1 unspecified atom stereocenters. The van der Waals surface area contributed by atoms with Crippen molar-refractivity contribution in [2.45, 2.75) is 59.5 Å². The van der Waals surface area contributed by atoms with Crippen LogP contribution < -0.4 is 5.73 Å². The number of hydrogen-bond acceptors (Lipinski definition) is 3. The lowest BCUT2D eigenvalue weighted by molar-refractivity contribution is 0.587. The monoisotopic (exact) mass is 286 g/mol. The number of benzene rings is 1. The van der Waals surface area contributed by atoms with Crippen molar-refractivity contribution in [2.75, 3.05) is 0 Å². The van der Waals surface area contributed by atoms with Crippen LogP contribution >= 0.6 is 0 Å². The molecule has 21 heavy (non-hydrogen) atoms. The molecule has 0 aliphatic rings. The van der Waals surface area contributed by atoms with Crippen molar-refractivity contribution in [2.24, 2.45) is 5.73 Å². The van der Waals surface area contributed by atoms with E-state index in [0.717, 1.165) is 12.2 Å². The van der Waals surface area contributed by atoms with Crippen molar-refractivity contribution in [1.29, 1.82) is 0 Å². The highest BCUT2D eigenvalue weighted by molar-refractivity contribution is 5.40. The average Bonchev–Trinajstić information content (AvgIpc) is 2.81. The maximum absolute atomic E-state index is 5.83. The summed E-state index contributed by atoms with van der Waals surface area (Å²) in [5.41, 5.74) is 12.1. The van der Waals surface area contributed by atoms with Crippen molar-refractivity contribution in [3.8, 4) is 0 Å². The Balaban J connectivity index is 2.32. The second kappa shape index (κ2) is 5.60. The van der Waals surface area contributed by atoms with Crippen molar-refractivity contribution >= 4 is 0 Å². The smallest absolute Gasteiger partial charge is 0.0991 e. The van der Waals surface area contributed by atoms with Gasteiger partial charge in [0, 0.05) is 6.04 Å². The van der Waals surface area contributed by atoms with Crippen LogP contribution in [0.1, 0.15) is 61.7 Å². The summed E-state index contributed by atoms with van der Waals surface area (Å²) >= 11 is 0. The first-order valence-electron chi connectivity index (χ1n) is 7.44. The topological polar surface area (TPSA) is 56.7 Å². The van der Waals surface area contributed by atoms with Gasteiger partial charge in [0.1, 0.15) is 0 Å². The van der Waals surface area contributed by atoms with E-state index in [4.69, 9.17) is 5.73 Å². The summed E-state index contributed by atoms with van der Waals surface area (Å²) in [6, 6.07) is 4.49. The quantitative estimate of drug-likeness (QED) is 0.942. The van der Waals surface area contributed by atoms with Gasteiger partial charge in [-0.2, -0.15) is 0 Å². The molecule has 0 spiro atoms. The third-order valence-electron chi connectivity index (χ3n) is 3.91. The first kappa shape index (κ1) is 15.7. The predicted molar refractivity (Wildman–Crippen MR) is 86.3 cm³/mol. The molecule has 0 aliphatic heterocycles. The zero-order valence-corrected chi connectivity index (χ0v) is 13.9. The van der Waals surface area contributed by atoms with Crippen LogP contribution in [-0.2, 0) is 12.0 Å². The van der Waals surface area contributed by atoms with E-state index in [-0.39, 0.29) is 11.5 Å². The minimum Gasteiger partial charge on any atom is -0.323 e. The molecule has 1 aromatic heterocycles. The largest absolute Gasteiger partial charge is 0.323 e. The fourth-order valence-electron chi connectivity index (χ4n) is 2.44. The van der Waals surface area contributed by atoms with E-state index in [1.165, 1.54) is 22.3 Å². The van der Waals surface area contributed by atoms with E-state index in [1.807, 2.05) is 17.8 Å². The van der Waals surface area contributed by atoms with E-state index in [0.29, 0.717) is 0 Å². The van der Waals surface area contributed by atoms with Crippen LogP contribution in [0.15, 0.2) is 18.3 Å². The Labute approximate surface area is 127 Å². The third kappa shape index (κ3) is 3.50. The van der Waals surface area contributed by atoms with Crippen LogP contribution in [0.2, 0.25) is 0 Å². The predicted octanol–water partition coefficient (Wildman–Crippen LogP) is 3.26. The van der Waals surface area contributed by atoms with Crippen LogP contribution in [0.4, 0.5) is 0 Å². The molecule has 4 nitrogen and oxygen atoms in total. The minimum absolute atomic E-state index is 0.0794. The molecule has 0 aliphatic carbocycles. The Kier molecular flexibility index (Phi) is 4.19. The van der Waals surface area contributed by atoms with Gasteiger partial charge in [-0.3, -0.25) is 0 Å². The number of rotatable bonds is 3. The van der Waals surface area contributed by atoms with Gasteiger partial charge in [0.25, 0.3) is 0 Å². The summed E-state index contributed by atoms with van der Waals surface area (Å²) in [4.78, 5) is 0. The van der Waals surface area contributed by atoms with Gasteiger partial charge in [-0.15, -0.1) is 5.10 Å². The molecule has 2 aromatic rings. The van der Waals surface area contributed by atoms with E-state index in [9.17, 15) is 0 Å². The van der Waals surface area contributed by atoms with Crippen molar-refractivity contribution in [3.05, 3.63) is 46.3 Å². The van der Waals surface area contributed by atoms with Gasteiger partial charge >= 0.3 is 0 Å². The highest BCUT2D eigenvalue weighted by Crippen LogP contribution is 2.27. The maximum atomic E-state index is 5.83. The number of aryl methyl sites for hydroxylation is 2. The maximum Gasteiger partial charge on any atom is 0.0991 e. The molecule has 2 rings (SSSR count). The molecule has 0 fully saturated rings. The molecule has 0 saturated heterocycles. The SMILES string of the molecule is Cc1cc(C(C)(C)C)cc(C)c1Cn1cc(C(C)N)nn1. The Morgan fingerprint density at radius 1 is 1.19 bits per heavy atom. The lowest BCUT2D eigenvalue weighted by Crippen LogP contribution is -2.13. The number of nitrogens with two attached hydrogens (primary N) is 1. The van der Waals surface area contributed by atoms with E-state index in [2.05, 4.69) is 57.1 Å². The van der Waals surface area contributed by atoms with Crippen molar-refractivity contribution < 1.29 is 0 Å². The Bertz CT molecular complexity index is 609. The first-order chi connectivity index (χ1) is 9.68. The highest BCUT2D eigenvalue weighted by atomic mass is 15.4. The molecule has 0 saturated carbocycles. The molecule has 1 heterocycles. The van der Waals surface area contributed by atoms with Crippen molar-refractivity contribution in [1.82, 2.24) is 15.0 Å². The third-order valence-corrected chi connectivity index (χ3v) is 3.91. The van der Waals surface area contributed by atoms with E-state index >= 15 is 0 Å². The zero-order chi connectivity index (χ0) is 15.8. The minimum atomic E-state index is -0.0794. The summed E-state index contributed by atoms with van der Waals surface area (Å²) in [6.45, 7) is 13.7. The van der Waals surface area contributed by atoms with Crippen LogP contribution in [0, 0.1) is 13.8 Å². The Hall–Kier alpha value is -1.68. The van der Waals surface area contributed by atoms with Crippen LogP contribution in [0.25, 0.3) is 0 Å². The summed E-state index contributed by atoms with van der Waals surface area (Å²) in [7, 11) is 0. The normalized spacial score (nSPS) is 13.5. The molecule has 0 radical (unpaired) electrons. The fourth-order valence-corrected chi connectivity index (χ4v) is 2.44. The van der Waals surface area contributed by atoms with Gasteiger partial charge < -0.3 is 5.73 Å². The highest BCUT2D eigenvalue weighted by Gasteiger charge is 2.16. The molecule has 0 amide bonds. The van der Waals surface area contributed by atoms with Crippen LogP contribution in [0.3, 0.4) is 0 Å². The first-order valence-corrected chi connectivity index (χ1v) is 7.44. The number of aromatic nitrogens is 3. The van der Waals surface area contributed by atoms with E-state index < -0.39 is 0 Å². The standard InChI is InChI=1S/C17H26N4/c1-11-7-14(17(4,5)6)8-12(2)15(11)9-21-10-16(13(3)18)19-20-21/h7-8,10,13H,9,18H2,1-6H3. The van der Waals surface area contributed by atoms with Gasteiger partial charge in [0.15, 0.2) is 0 Å². The average molecular weight is 286 g/mol. The van der Waals surface area contributed by atoms with Crippen molar-refractivity contribution in [3.63, 3.8) is 0 Å². The summed E-state index contributed by atoms with van der Waals surface area (Å²) in [6.07, 6.45) is 1.93. The molecule has 0 bridgehead atoms. The summed E-state index contributed by atoms with van der Waals surface area (Å²) < 4.78 is 1.87. The van der Waals surface area contributed by atoms with E-state index in [1.54, 1.807) is 0 Å². The molecule has 1 aromatic carbocycles. The van der Waals surface area contributed by atoms with Gasteiger partial charge in [-0.05, 0) is 48.4 Å². The van der Waals surface area contributed by atoms with Gasteiger partial charge in [0.2, 0.25) is 0 Å². The lowest BCUT2D eigenvalue weighted by Gasteiger charge is -2.22. The number of nitrogens with zero attached hydrogens (tertiary/aromatic N) is 3. The van der Waals surface area contributed by atoms with Gasteiger partial charge in [0.05, 0.1) is 18.4 Å². The molecule has 1 atom stereocenters.